The molecule has 0 bridgehead atoms. The lowest BCUT2D eigenvalue weighted by Crippen LogP contribution is -2.22. The molecule has 146 valence electrons. The van der Waals surface area contributed by atoms with Crippen LogP contribution in [-0.4, -0.2) is 38.7 Å². The van der Waals surface area contributed by atoms with Crippen molar-refractivity contribution in [3.05, 3.63) is 53.6 Å². The van der Waals surface area contributed by atoms with Gasteiger partial charge in [-0.1, -0.05) is 6.07 Å². The average Bonchev–Trinajstić information content (AvgIpc) is 2.72. The molecule has 0 fully saturated rings. The van der Waals surface area contributed by atoms with E-state index in [1.54, 1.807) is 49.6 Å². The fourth-order valence-electron chi connectivity index (χ4n) is 2.75. The smallest absolute Gasteiger partial charge is 0.251 e. The van der Waals surface area contributed by atoms with E-state index in [-0.39, 0.29) is 11.8 Å². The first-order chi connectivity index (χ1) is 13.6. The largest absolute Gasteiger partial charge is 0.493 e. The lowest BCUT2D eigenvalue weighted by molar-refractivity contribution is -0.111. The Kier molecular flexibility index (Phi) is 6.16. The number of methoxy groups -OCH3 is 1. The van der Waals surface area contributed by atoms with E-state index in [0.717, 1.165) is 5.56 Å². The van der Waals surface area contributed by atoms with Crippen molar-refractivity contribution >= 4 is 23.6 Å². The maximum absolute atomic E-state index is 12.3. The van der Waals surface area contributed by atoms with Crippen LogP contribution in [0.25, 0.3) is 6.08 Å². The molecule has 2 aromatic carbocycles. The summed E-state index contributed by atoms with van der Waals surface area (Å²) in [7, 11) is 1.55. The normalized spacial score (nSPS) is 12.5. The van der Waals surface area contributed by atoms with E-state index in [9.17, 15) is 9.59 Å². The minimum absolute atomic E-state index is 0.183. The molecule has 0 atom stereocenters. The molecule has 0 spiro atoms. The Labute approximate surface area is 163 Å². The maximum atomic E-state index is 12.3. The summed E-state index contributed by atoms with van der Waals surface area (Å²) in [4.78, 5) is 24.1. The number of hydrogen-bond donors (Lipinski definition) is 2. The summed E-state index contributed by atoms with van der Waals surface area (Å²) in [6.45, 7) is 3.32. The Morgan fingerprint density at radius 2 is 2.00 bits per heavy atom. The highest BCUT2D eigenvalue weighted by Gasteiger charge is 2.17. The third-order valence-corrected chi connectivity index (χ3v) is 4.01. The summed E-state index contributed by atoms with van der Waals surface area (Å²) in [5.41, 5.74) is 1.77. The van der Waals surface area contributed by atoms with Gasteiger partial charge in [0.25, 0.3) is 5.91 Å². The van der Waals surface area contributed by atoms with E-state index in [4.69, 9.17) is 14.2 Å². The van der Waals surface area contributed by atoms with E-state index < -0.39 is 0 Å². The van der Waals surface area contributed by atoms with Crippen molar-refractivity contribution in [2.75, 3.05) is 32.2 Å². The topological polar surface area (TPSA) is 85.9 Å². The molecule has 1 heterocycles. The molecular weight excluding hydrogens is 360 g/mol. The summed E-state index contributed by atoms with van der Waals surface area (Å²) in [5, 5.41) is 5.47. The van der Waals surface area contributed by atoms with Crippen LogP contribution in [0.1, 0.15) is 22.8 Å². The zero-order valence-electron chi connectivity index (χ0n) is 15.8. The van der Waals surface area contributed by atoms with Crippen molar-refractivity contribution in [1.29, 1.82) is 0 Å². The van der Waals surface area contributed by atoms with E-state index in [1.165, 1.54) is 6.08 Å². The lowest BCUT2D eigenvalue weighted by Gasteiger charge is -2.20. The van der Waals surface area contributed by atoms with E-state index in [2.05, 4.69) is 10.6 Å². The number of benzene rings is 2. The second-order valence-electron chi connectivity index (χ2n) is 6.01. The molecule has 2 amide bonds. The number of fused-ring (bicyclic) bond motifs is 1. The van der Waals surface area contributed by atoms with Gasteiger partial charge in [-0.05, 0) is 48.9 Å². The quantitative estimate of drug-likeness (QED) is 0.751. The second-order valence-corrected chi connectivity index (χ2v) is 6.01. The van der Waals surface area contributed by atoms with Crippen LogP contribution < -0.4 is 24.8 Å². The van der Waals surface area contributed by atoms with Gasteiger partial charge in [0.1, 0.15) is 13.2 Å². The minimum Gasteiger partial charge on any atom is -0.493 e. The Hall–Kier alpha value is -3.48. The predicted molar refractivity (Wildman–Crippen MR) is 106 cm³/mol. The molecule has 3 rings (SSSR count). The van der Waals surface area contributed by atoms with Gasteiger partial charge in [-0.15, -0.1) is 0 Å². The molecule has 1 aliphatic heterocycles. The van der Waals surface area contributed by atoms with E-state index in [1.807, 2.05) is 6.92 Å². The third kappa shape index (κ3) is 4.62. The first-order valence-electron chi connectivity index (χ1n) is 8.95. The molecule has 0 radical (unpaired) electrons. The first kappa shape index (κ1) is 19.3. The van der Waals surface area contributed by atoms with Crippen LogP contribution in [0.2, 0.25) is 0 Å². The molecule has 1 aliphatic rings. The van der Waals surface area contributed by atoms with Gasteiger partial charge in [0.2, 0.25) is 11.7 Å². The van der Waals surface area contributed by atoms with Gasteiger partial charge >= 0.3 is 0 Å². The molecule has 0 saturated heterocycles. The lowest BCUT2D eigenvalue weighted by atomic mass is 10.1. The van der Waals surface area contributed by atoms with Crippen molar-refractivity contribution in [2.45, 2.75) is 6.92 Å². The molecule has 0 saturated carbocycles. The zero-order valence-corrected chi connectivity index (χ0v) is 15.8. The molecule has 7 nitrogen and oxygen atoms in total. The van der Waals surface area contributed by atoms with Crippen molar-refractivity contribution in [3.63, 3.8) is 0 Å². The third-order valence-electron chi connectivity index (χ3n) is 4.01. The van der Waals surface area contributed by atoms with Gasteiger partial charge < -0.3 is 24.8 Å². The molecule has 0 aromatic heterocycles. The van der Waals surface area contributed by atoms with Crippen LogP contribution in [0, 0.1) is 0 Å². The average molecular weight is 382 g/mol. The van der Waals surface area contributed by atoms with Gasteiger partial charge in [0.05, 0.1) is 7.11 Å². The highest BCUT2D eigenvalue weighted by Crippen LogP contribution is 2.40. The summed E-state index contributed by atoms with van der Waals surface area (Å²) in [5.74, 6) is 1.20. The van der Waals surface area contributed by atoms with E-state index >= 15 is 0 Å². The van der Waals surface area contributed by atoms with Crippen molar-refractivity contribution < 1.29 is 23.8 Å². The Morgan fingerprint density at radius 3 is 2.79 bits per heavy atom. The Bertz CT molecular complexity index is 890. The second kappa shape index (κ2) is 8.94. The summed E-state index contributed by atoms with van der Waals surface area (Å²) >= 11 is 0. The summed E-state index contributed by atoms with van der Waals surface area (Å²) < 4.78 is 16.5. The molecule has 28 heavy (non-hydrogen) atoms. The number of nitrogens with one attached hydrogen (secondary N) is 2. The van der Waals surface area contributed by atoms with Crippen LogP contribution >= 0.6 is 0 Å². The van der Waals surface area contributed by atoms with Gasteiger partial charge in [-0.25, -0.2) is 0 Å². The fourth-order valence-corrected chi connectivity index (χ4v) is 2.75. The SMILES string of the molecule is CCNC(=O)c1cccc(NC(=O)/C=C/c2cc(OC)c3c(c2)OCCO3)c1. The first-order valence-corrected chi connectivity index (χ1v) is 8.95. The van der Waals surface area contributed by atoms with Crippen molar-refractivity contribution in [2.24, 2.45) is 0 Å². The van der Waals surface area contributed by atoms with Gasteiger partial charge in [0.15, 0.2) is 11.5 Å². The molecule has 0 aliphatic carbocycles. The summed E-state index contributed by atoms with van der Waals surface area (Å²) in [6, 6.07) is 10.3. The summed E-state index contributed by atoms with van der Waals surface area (Å²) in [6.07, 6.45) is 3.06. The van der Waals surface area contributed by atoms with Gasteiger partial charge in [-0.3, -0.25) is 9.59 Å². The van der Waals surface area contributed by atoms with Crippen LogP contribution in [0.5, 0.6) is 17.2 Å². The number of rotatable bonds is 6. The van der Waals surface area contributed by atoms with Crippen LogP contribution in [0.3, 0.4) is 0 Å². The van der Waals surface area contributed by atoms with Crippen LogP contribution in [0.15, 0.2) is 42.5 Å². The zero-order chi connectivity index (χ0) is 19.9. The van der Waals surface area contributed by atoms with Crippen LogP contribution in [-0.2, 0) is 4.79 Å². The van der Waals surface area contributed by atoms with Gasteiger partial charge in [-0.2, -0.15) is 0 Å². The number of anilines is 1. The molecular formula is C21H22N2O5. The van der Waals surface area contributed by atoms with Crippen molar-refractivity contribution in [3.8, 4) is 17.2 Å². The van der Waals surface area contributed by atoms with Crippen molar-refractivity contribution in [1.82, 2.24) is 5.32 Å². The standard InChI is InChI=1S/C21H22N2O5/c1-3-22-21(25)15-5-4-6-16(13-15)23-19(24)8-7-14-11-17(26-2)20-18(12-14)27-9-10-28-20/h4-8,11-13H,3,9-10H2,1-2H3,(H,22,25)(H,23,24)/b8-7+. The number of carbonyl (C=O) groups is 2. The van der Waals surface area contributed by atoms with E-state index in [0.29, 0.717) is 48.3 Å². The highest BCUT2D eigenvalue weighted by atomic mass is 16.6. The van der Waals surface area contributed by atoms with Gasteiger partial charge in [0, 0.05) is 23.9 Å². The van der Waals surface area contributed by atoms with Crippen LogP contribution in [0.4, 0.5) is 5.69 Å². The monoisotopic (exact) mass is 382 g/mol. The number of ether oxygens (including phenoxy) is 3. The predicted octanol–water partition coefficient (Wildman–Crippen LogP) is 2.87. The Morgan fingerprint density at radius 1 is 1.18 bits per heavy atom. The fraction of sp³-hybridized carbons (Fsp3) is 0.238. The molecule has 2 N–H and O–H groups in total. The minimum atomic E-state index is -0.318. The Balaban J connectivity index is 1.71. The number of amides is 2. The molecule has 7 heteroatoms. The highest BCUT2D eigenvalue weighted by molar-refractivity contribution is 6.03. The maximum Gasteiger partial charge on any atom is 0.251 e. The number of hydrogen-bond acceptors (Lipinski definition) is 5. The molecule has 0 unspecified atom stereocenters. The molecule has 2 aromatic rings. The number of carbonyl (C=O) groups excluding carboxylic acids is 2.